The highest BCUT2D eigenvalue weighted by molar-refractivity contribution is 5.94. The molecular formula is C21H23F3N6O3. The Morgan fingerprint density at radius 1 is 1.30 bits per heavy atom. The van der Waals surface area contributed by atoms with E-state index in [0.717, 1.165) is 31.7 Å². The van der Waals surface area contributed by atoms with Crippen LogP contribution in [0.3, 0.4) is 0 Å². The molecule has 1 unspecified atom stereocenters. The van der Waals surface area contributed by atoms with E-state index in [-0.39, 0.29) is 36.0 Å². The van der Waals surface area contributed by atoms with Crippen molar-refractivity contribution in [1.82, 2.24) is 20.0 Å². The molecule has 1 aromatic carbocycles. The predicted octanol–water partition coefficient (Wildman–Crippen LogP) is 2.86. The van der Waals surface area contributed by atoms with Gasteiger partial charge in [0.2, 0.25) is 4.91 Å². The number of hydrogen-bond acceptors (Lipinski definition) is 6. The quantitative estimate of drug-likeness (QED) is 0.435. The monoisotopic (exact) mass is 464 g/mol. The lowest BCUT2D eigenvalue weighted by Crippen LogP contribution is -2.40. The van der Waals surface area contributed by atoms with Crippen molar-refractivity contribution in [2.45, 2.75) is 56.8 Å². The Morgan fingerprint density at radius 2 is 2.00 bits per heavy atom. The van der Waals surface area contributed by atoms with Gasteiger partial charge in [0.15, 0.2) is 5.69 Å². The van der Waals surface area contributed by atoms with Crippen LogP contribution in [0.15, 0.2) is 35.4 Å². The third-order valence-corrected chi connectivity index (χ3v) is 5.54. The van der Waals surface area contributed by atoms with Gasteiger partial charge in [-0.05, 0) is 31.4 Å². The summed E-state index contributed by atoms with van der Waals surface area (Å²) >= 11 is 0. The van der Waals surface area contributed by atoms with E-state index < -0.39 is 36.1 Å². The normalized spacial score (nSPS) is 15.1. The molecule has 1 saturated carbocycles. The highest BCUT2D eigenvalue weighted by Crippen LogP contribution is 2.40. The van der Waals surface area contributed by atoms with Crippen molar-refractivity contribution in [1.29, 1.82) is 5.53 Å². The van der Waals surface area contributed by atoms with Crippen LogP contribution in [0.1, 0.15) is 60.6 Å². The fourth-order valence-electron chi connectivity index (χ4n) is 4.04. The summed E-state index contributed by atoms with van der Waals surface area (Å²) in [6.07, 6.45) is -1.71. The van der Waals surface area contributed by atoms with Crippen LogP contribution in [0.2, 0.25) is 0 Å². The number of nitrogens with one attached hydrogen (secondary N) is 2. The number of carbonyl (C=O) groups excluding carboxylic acids is 2. The number of carboxylic acid groups (broad SMARTS) is 1. The van der Waals surface area contributed by atoms with E-state index in [1.54, 1.807) is 0 Å². The van der Waals surface area contributed by atoms with Gasteiger partial charge in [0.05, 0.1) is 17.3 Å². The number of rotatable bonds is 9. The molecule has 9 nitrogen and oxygen atoms in total. The van der Waals surface area contributed by atoms with Crippen molar-refractivity contribution in [3.8, 4) is 11.3 Å². The first-order chi connectivity index (χ1) is 15.7. The third-order valence-electron chi connectivity index (χ3n) is 5.54. The zero-order valence-corrected chi connectivity index (χ0v) is 17.6. The van der Waals surface area contributed by atoms with E-state index in [1.807, 2.05) is 0 Å². The Labute approximate surface area is 187 Å². The summed E-state index contributed by atoms with van der Waals surface area (Å²) in [5.41, 5.74) is 5.83. The molecule has 0 aliphatic heterocycles. The molecule has 0 radical (unpaired) electrons. The average Bonchev–Trinajstić information content (AvgIpc) is 3.42. The fourth-order valence-corrected chi connectivity index (χ4v) is 4.04. The summed E-state index contributed by atoms with van der Waals surface area (Å²) < 4.78 is 42.4. The second-order valence-corrected chi connectivity index (χ2v) is 7.84. The van der Waals surface area contributed by atoms with E-state index >= 15 is 0 Å². The Kier molecular flexibility index (Phi) is 7.59. The Balaban J connectivity index is 1.96. The Morgan fingerprint density at radius 3 is 2.64 bits per heavy atom. The molecule has 1 fully saturated rings. The smallest absolute Gasteiger partial charge is 0.417 e. The minimum absolute atomic E-state index is 0.0163. The second-order valence-electron chi connectivity index (χ2n) is 7.84. The minimum Gasteiger partial charge on any atom is -0.550 e. The first kappa shape index (κ1) is 24.1. The van der Waals surface area contributed by atoms with E-state index in [1.165, 1.54) is 28.9 Å². The van der Waals surface area contributed by atoms with Crippen molar-refractivity contribution in [3.63, 3.8) is 0 Å². The lowest BCUT2D eigenvalue weighted by molar-refractivity contribution is -0.306. The zero-order valence-electron chi connectivity index (χ0n) is 17.6. The lowest BCUT2D eigenvalue weighted by atomic mass is 10.0. The molecule has 1 aliphatic carbocycles. The van der Waals surface area contributed by atoms with Crippen LogP contribution < -0.4 is 15.3 Å². The number of aromatic nitrogens is 2. The average molecular weight is 464 g/mol. The topological polar surface area (TPSA) is 137 Å². The standard InChI is InChI=1S/C21H23F3N6O3/c22-21(23,24)16-8-4-3-7-15(16)18-12-17(28-30(18)14-5-1-2-6-14)20(33)27-13(11-19(31)32)9-10-26-29-25/h3-4,7-8,12-14,25H,1-2,5-6,9-11H2,(H-,27,31,32,33). The molecule has 176 valence electrons. The van der Waals surface area contributed by atoms with E-state index in [2.05, 4.69) is 20.4 Å². The maximum atomic E-state index is 13.6. The SMILES string of the molecule is N=[N+]=NCCC(CC(=O)[O-])NC(=O)c1cc(-c2ccccc2C(F)(F)F)n(C2CCCC2)n1. The summed E-state index contributed by atoms with van der Waals surface area (Å²) in [4.78, 5) is 26.7. The number of carboxylic acids is 1. The maximum absolute atomic E-state index is 13.6. The molecule has 1 aliphatic rings. The van der Waals surface area contributed by atoms with Crippen LogP contribution in [0.4, 0.5) is 13.2 Å². The largest absolute Gasteiger partial charge is 0.550 e. The van der Waals surface area contributed by atoms with Gasteiger partial charge < -0.3 is 15.2 Å². The van der Waals surface area contributed by atoms with Crippen LogP contribution in [0, 0.1) is 5.53 Å². The molecular weight excluding hydrogens is 441 g/mol. The van der Waals surface area contributed by atoms with E-state index in [0.29, 0.717) is 0 Å². The first-order valence-corrected chi connectivity index (χ1v) is 10.5. The maximum Gasteiger partial charge on any atom is 0.417 e. The highest BCUT2D eigenvalue weighted by Gasteiger charge is 2.35. The van der Waals surface area contributed by atoms with E-state index in [9.17, 15) is 27.9 Å². The van der Waals surface area contributed by atoms with Gasteiger partial charge in [0, 0.05) is 24.0 Å². The molecule has 1 heterocycles. The van der Waals surface area contributed by atoms with Crippen LogP contribution in [0.5, 0.6) is 0 Å². The van der Waals surface area contributed by atoms with Gasteiger partial charge in [-0.1, -0.05) is 31.0 Å². The fraction of sp³-hybridized carbons (Fsp3) is 0.476. The minimum atomic E-state index is -4.59. The second kappa shape index (κ2) is 10.4. The summed E-state index contributed by atoms with van der Waals surface area (Å²) in [5, 5.41) is 21.3. The summed E-state index contributed by atoms with van der Waals surface area (Å²) in [7, 11) is 0. The summed E-state index contributed by atoms with van der Waals surface area (Å²) in [6.45, 7) is 0.0163. The molecule has 2 N–H and O–H groups in total. The van der Waals surface area contributed by atoms with Crippen molar-refractivity contribution < 1.29 is 27.9 Å². The third kappa shape index (κ3) is 6.04. The lowest BCUT2D eigenvalue weighted by Gasteiger charge is -2.17. The van der Waals surface area contributed by atoms with Crippen LogP contribution >= 0.6 is 0 Å². The molecule has 0 saturated heterocycles. The van der Waals surface area contributed by atoms with Gasteiger partial charge in [0.1, 0.15) is 17.2 Å². The highest BCUT2D eigenvalue weighted by atomic mass is 19.4. The van der Waals surface area contributed by atoms with Gasteiger partial charge in [-0.15, -0.1) is 0 Å². The number of hydrogen-bond donors (Lipinski definition) is 2. The Bertz CT molecular complexity index is 1060. The molecule has 1 amide bonds. The van der Waals surface area contributed by atoms with Crippen LogP contribution in [-0.2, 0) is 11.0 Å². The van der Waals surface area contributed by atoms with Crippen LogP contribution in [-0.4, -0.2) is 34.2 Å². The number of carbonyl (C=O) groups is 2. The van der Waals surface area contributed by atoms with Crippen LogP contribution in [0.25, 0.3) is 11.3 Å². The van der Waals surface area contributed by atoms with Gasteiger partial charge in [-0.25, -0.2) is 0 Å². The Hall–Kier alpha value is -3.53. The molecule has 1 atom stereocenters. The predicted molar refractivity (Wildman–Crippen MR) is 108 cm³/mol. The summed E-state index contributed by atoms with van der Waals surface area (Å²) in [5.74, 6) is -2.11. The number of alkyl halides is 3. The molecule has 12 heteroatoms. The van der Waals surface area contributed by atoms with Gasteiger partial charge in [-0.2, -0.15) is 18.3 Å². The van der Waals surface area contributed by atoms with Crippen molar-refractivity contribution >= 4 is 11.9 Å². The number of amides is 1. The molecule has 0 spiro atoms. The molecule has 2 aromatic rings. The molecule has 3 rings (SSSR count). The number of nitrogens with zero attached hydrogens (tertiary/aromatic N) is 4. The van der Waals surface area contributed by atoms with Crippen molar-refractivity contribution in [2.75, 3.05) is 6.54 Å². The molecule has 0 bridgehead atoms. The van der Waals surface area contributed by atoms with Crippen molar-refractivity contribution in [3.05, 3.63) is 41.6 Å². The van der Waals surface area contributed by atoms with Crippen molar-refractivity contribution in [2.24, 2.45) is 5.11 Å². The first-order valence-electron chi connectivity index (χ1n) is 10.5. The van der Waals surface area contributed by atoms with E-state index in [4.69, 9.17) is 5.53 Å². The van der Waals surface area contributed by atoms with Gasteiger partial charge in [0.25, 0.3) is 5.91 Å². The number of benzene rings is 1. The van der Waals surface area contributed by atoms with Gasteiger partial charge in [-0.3, -0.25) is 9.48 Å². The summed E-state index contributed by atoms with van der Waals surface area (Å²) in [6, 6.07) is 5.42. The molecule has 1 aromatic heterocycles. The number of aliphatic carboxylic acids is 1. The number of halogens is 3. The van der Waals surface area contributed by atoms with Gasteiger partial charge >= 0.3 is 6.18 Å². The molecule has 33 heavy (non-hydrogen) atoms. The zero-order chi connectivity index (χ0) is 24.0.